The van der Waals surface area contributed by atoms with Gasteiger partial charge < -0.3 is 23.9 Å². The van der Waals surface area contributed by atoms with Crippen LogP contribution in [0.3, 0.4) is 0 Å². The van der Waals surface area contributed by atoms with Crippen molar-refractivity contribution in [1.29, 1.82) is 0 Å². The van der Waals surface area contributed by atoms with Crippen molar-refractivity contribution in [3.05, 3.63) is 53.4 Å². The molecule has 2 aromatic heterocycles. The number of carbonyl (C=O) groups is 2. The van der Waals surface area contributed by atoms with Gasteiger partial charge in [-0.05, 0) is 58.2 Å². The zero-order valence-corrected chi connectivity index (χ0v) is 21.1. The second-order valence-corrected chi connectivity index (χ2v) is 10.5. The van der Waals surface area contributed by atoms with E-state index >= 15 is 0 Å². The highest BCUT2D eigenvalue weighted by Gasteiger charge is 2.48. The number of furan rings is 1. The summed E-state index contributed by atoms with van der Waals surface area (Å²) in [6, 6.07) is 11.7. The molecule has 1 aromatic carbocycles. The van der Waals surface area contributed by atoms with Crippen LogP contribution >= 0.6 is 0 Å². The van der Waals surface area contributed by atoms with Crippen LogP contribution in [-0.2, 0) is 17.9 Å². The van der Waals surface area contributed by atoms with Crippen LogP contribution in [0, 0.1) is 6.92 Å². The molecule has 0 saturated heterocycles. The van der Waals surface area contributed by atoms with E-state index in [1.165, 1.54) is 6.42 Å². The third-order valence-corrected chi connectivity index (χ3v) is 7.30. The molecule has 1 saturated carbocycles. The Balaban J connectivity index is 1.49. The number of rotatable bonds is 6. The molecule has 1 N–H and O–H groups in total. The smallest absolute Gasteiger partial charge is 0.271 e. The highest BCUT2D eigenvalue weighted by molar-refractivity contribution is 6.03. The van der Waals surface area contributed by atoms with Gasteiger partial charge in [0.15, 0.2) is 5.58 Å². The summed E-state index contributed by atoms with van der Waals surface area (Å²) in [4.78, 5) is 29.4. The fourth-order valence-corrected chi connectivity index (χ4v) is 5.42. The molecule has 1 aliphatic heterocycles. The van der Waals surface area contributed by atoms with Crippen molar-refractivity contribution in [2.24, 2.45) is 0 Å². The number of fused-ring (bicyclic) bond motifs is 3. The molecule has 186 valence electrons. The Kier molecular flexibility index (Phi) is 6.11. The molecule has 1 atom stereocenters. The number of benzene rings is 1. The number of ether oxygens (including phenoxy) is 1. The normalized spacial score (nSPS) is 20.9. The van der Waals surface area contributed by atoms with Gasteiger partial charge in [-0.25, -0.2) is 0 Å². The average Bonchev–Trinajstić information content (AvgIpc) is 3.34. The van der Waals surface area contributed by atoms with Crippen molar-refractivity contribution in [2.45, 2.75) is 90.6 Å². The fourth-order valence-electron chi connectivity index (χ4n) is 5.42. The van der Waals surface area contributed by atoms with Gasteiger partial charge in [0.05, 0.1) is 18.2 Å². The Morgan fingerprint density at radius 1 is 1.17 bits per heavy atom. The first kappa shape index (κ1) is 23.5. The van der Waals surface area contributed by atoms with Crippen LogP contribution in [0.2, 0.25) is 0 Å². The van der Waals surface area contributed by atoms with Crippen LogP contribution in [0.15, 0.2) is 40.8 Å². The number of nitrogens with one attached hydrogen (secondary N) is 1. The first-order chi connectivity index (χ1) is 16.7. The molecule has 0 bridgehead atoms. The van der Waals surface area contributed by atoms with E-state index in [1.807, 2.05) is 62.6 Å². The number of carbonyl (C=O) groups excluding carboxylic acids is 2. The molecule has 0 unspecified atom stereocenters. The molecular weight excluding hydrogens is 442 g/mol. The lowest BCUT2D eigenvalue weighted by Gasteiger charge is -2.44. The van der Waals surface area contributed by atoms with E-state index in [4.69, 9.17) is 9.15 Å². The Morgan fingerprint density at radius 2 is 1.89 bits per heavy atom. The largest absolute Gasteiger partial charge is 0.491 e. The first-order valence-electron chi connectivity index (χ1n) is 12.7. The summed E-state index contributed by atoms with van der Waals surface area (Å²) in [5.41, 5.74) is 2.01. The Labute approximate surface area is 206 Å². The highest BCUT2D eigenvalue weighted by atomic mass is 16.5. The number of hydrogen-bond donors (Lipinski definition) is 1. The van der Waals surface area contributed by atoms with Gasteiger partial charge in [-0.2, -0.15) is 0 Å². The topological polar surface area (TPSA) is 76.7 Å². The van der Waals surface area contributed by atoms with Crippen molar-refractivity contribution in [1.82, 2.24) is 14.8 Å². The van der Waals surface area contributed by atoms with Gasteiger partial charge in [-0.15, -0.1) is 0 Å². The minimum Gasteiger partial charge on any atom is -0.491 e. The van der Waals surface area contributed by atoms with Gasteiger partial charge in [-0.1, -0.05) is 31.4 Å². The Hall–Kier alpha value is -3.22. The Morgan fingerprint density at radius 3 is 2.57 bits per heavy atom. The minimum absolute atomic E-state index is 0.0888. The quantitative estimate of drug-likeness (QED) is 0.530. The summed E-state index contributed by atoms with van der Waals surface area (Å²) in [7, 11) is 0. The van der Waals surface area contributed by atoms with Crippen LogP contribution < -0.4 is 10.1 Å². The molecule has 2 amide bonds. The Bertz CT molecular complexity index is 1230. The summed E-state index contributed by atoms with van der Waals surface area (Å²) in [5, 5.41) is 3.28. The molecule has 0 radical (unpaired) electrons. The number of amides is 2. The summed E-state index contributed by atoms with van der Waals surface area (Å²) in [6.45, 7) is 8.48. The average molecular weight is 478 g/mol. The van der Waals surface area contributed by atoms with Gasteiger partial charge in [-0.3, -0.25) is 9.59 Å². The SMILES string of the molecule is Cc1cc2c(cc3n2C[C@](C)(C(=O)NC2CCCCC2)N(Cc2ccc(OC(C)C)cc2)C3=O)o1. The van der Waals surface area contributed by atoms with Gasteiger partial charge >= 0.3 is 0 Å². The van der Waals surface area contributed by atoms with E-state index in [9.17, 15) is 9.59 Å². The van der Waals surface area contributed by atoms with Crippen LogP contribution in [0.1, 0.15) is 74.7 Å². The lowest BCUT2D eigenvalue weighted by atomic mass is 9.91. The molecule has 7 nitrogen and oxygen atoms in total. The van der Waals surface area contributed by atoms with Crippen LogP contribution in [0.5, 0.6) is 5.75 Å². The molecule has 3 aromatic rings. The van der Waals surface area contributed by atoms with E-state index < -0.39 is 5.54 Å². The second-order valence-electron chi connectivity index (χ2n) is 10.5. The molecule has 1 fully saturated rings. The number of hydrogen-bond acceptors (Lipinski definition) is 4. The third kappa shape index (κ3) is 4.44. The van der Waals surface area contributed by atoms with Crippen LogP contribution in [0.4, 0.5) is 0 Å². The molecule has 2 aliphatic rings. The summed E-state index contributed by atoms with van der Waals surface area (Å²) in [5.74, 6) is 1.32. The van der Waals surface area contributed by atoms with Crippen molar-refractivity contribution in [3.8, 4) is 5.75 Å². The monoisotopic (exact) mass is 477 g/mol. The highest BCUT2D eigenvalue weighted by Crippen LogP contribution is 2.35. The van der Waals surface area contributed by atoms with Crippen molar-refractivity contribution >= 4 is 22.9 Å². The van der Waals surface area contributed by atoms with Crippen molar-refractivity contribution < 1.29 is 18.7 Å². The van der Waals surface area contributed by atoms with E-state index in [-0.39, 0.29) is 24.0 Å². The van der Waals surface area contributed by atoms with Gasteiger partial charge in [0.25, 0.3) is 5.91 Å². The van der Waals surface area contributed by atoms with E-state index in [2.05, 4.69) is 5.32 Å². The maximum Gasteiger partial charge on any atom is 0.271 e. The summed E-state index contributed by atoms with van der Waals surface area (Å²) < 4.78 is 13.5. The second kappa shape index (κ2) is 9.10. The predicted molar refractivity (Wildman–Crippen MR) is 134 cm³/mol. The predicted octanol–water partition coefficient (Wildman–Crippen LogP) is 5.19. The summed E-state index contributed by atoms with van der Waals surface area (Å²) >= 11 is 0. The maximum absolute atomic E-state index is 13.9. The van der Waals surface area contributed by atoms with Gasteiger partial charge in [0.2, 0.25) is 5.91 Å². The number of aryl methyl sites for hydroxylation is 1. The van der Waals surface area contributed by atoms with E-state index in [0.717, 1.165) is 48.3 Å². The molecular formula is C28H35N3O4. The lowest BCUT2D eigenvalue weighted by Crippen LogP contribution is -2.64. The molecule has 35 heavy (non-hydrogen) atoms. The molecule has 7 heteroatoms. The minimum atomic E-state index is -1.04. The fraction of sp³-hybridized carbons (Fsp3) is 0.500. The van der Waals surface area contributed by atoms with E-state index in [0.29, 0.717) is 24.4 Å². The zero-order valence-electron chi connectivity index (χ0n) is 21.1. The van der Waals surface area contributed by atoms with Gasteiger partial charge in [0.1, 0.15) is 22.7 Å². The third-order valence-electron chi connectivity index (χ3n) is 7.30. The maximum atomic E-state index is 13.9. The standard InChI is InChI=1S/C28H35N3O4/c1-18(2)34-22-12-10-20(11-13-22)16-31-26(32)24-15-25-23(14-19(3)35-25)30(24)17-28(31,4)27(33)29-21-8-6-5-7-9-21/h10-15,18,21H,5-9,16-17H2,1-4H3,(H,29,33)/t28-/m1/s1. The summed E-state index contributed by atoms with van der Waals surface area (Å²) in [6.07, 6.45) is 5.55. The van der Waals surface area contributed by atoms with Gasteiger partial charge in [0, 0.05) is 24.7 Å². The van der Waals surface area contributed by atoms with E-state index in [1.54, 1.807) is 11.0 Å². The molecule has 1 aliphatic carbocycles. The number of aromatic nitrogens is 1. The number of nitrogens with zero attached hydrogens (tertiary/aromatic N) is 2. The first-order valence-corrected chi connectivity index (χ1v) is 12.7. The molecule has 3 heterocycles. The molecule has 5 rings (SSSR count). The lowest BCUT2D eigenvalue weighted by molar-refractivity contribution is -0.134. The van der Waals surface area contributed by atoms with Crippen LogP contribution in [-0.4, -0.2) is 39.0 Å². The molecule has 0 spiro atoms. The zero-order chi connectivity index (χ0) is 24.7. The van der Waals surface area contributed by atoms with Crippen molar-refractivity contribution in [2.75, 3.05) is 0 Å². The van der Waals surface area contributed by atoms with Crippen LogP contribution in [0.25, 0.3) is 11.1 Å². The van der Waals surface area contributed by atoms with Crippen molar-refractivity contribution in [3.63, 3.8) is 0 Å².